The van der Waals surface area contributed by atoms with Crippen LogP contribution in [0.5, 0.6) is 0 Å². The molecule has 0 atom stereocenters. The second-order valence-electron chi connectivity index (χ2n) is 4.46. The Morgan fingerprint density at radius 2 is 2.05 bits per heavy atom. The topological polar surface area (TPSA) is 40.5 Å². The minimum atomic E-state index is -1.26. The van der Waals surface area contributed by atoms with Crippen molar-refractivity contribution in [1.82, 2.24) is 0 Å². The molecule has 0 spiro atoms. The van der Waals surface area contributed by atoms with E-state index in [9.17, 15) is 9.18 Å². The van der Waals surface area contributed by atoms with E-state index < -0.39 is 11.8 Å². The molecule has 0 fully saturated rings. The number of anilines is 1. The van der Waals surface area contributed by atoms with E-state index in [1.807, 2.05) is 36.2 Å². The summed E-state index contributed by atoms with van der Waals surface area (Å²) >= 11 is 3.40. The van der Waals surface area contributed by atoms with Gasteiger partial charge in [0, 0.05) is 23.8 Å². The first-order valence-corrected chi connectivity index (χ1v) is 6.75. The number of rotatable bonds is 4. The third kappa shape index (κ3) is 3.36. The Kier molecular flexibility index (Phi) is 4.39. The first-order chi connectivity index (χ1) is 9.47. The predicted molar refractivity (Wildman–Crippen MR) is 79.6 cm³/mol. The molecule has 0 aromatic heterocycles. The van der Waals surface area contributed by atoms with Crippen LogP contribution in [0, 0.1) is 5.82 Å². The fraction of sp³-hybridized carbons (Fsp3) is 0.133. The summed E-state index contributed by atoms with van der Waals surface area (Å²) in [5, 5.41) is 8.80. The number of benzene rings is 2. The first-order valence-electron chi connectivity index (χ1n) is 5.96. The van der Waals surface area contributed by atoms with E-state index in [4.69, 9.17) is 5.11 Å². The van der Waals surface area contributed by atoms with Crippen molar-refractivity contribution in [1.29, 1.82) is 0 Å². The number of nitrogens with zero attached hydrogens (tertiary/aromatic N) is 1. The molecule has 0 unspecified atom stereocenters. The van der Waals surface area contributed by atoms with Crippen LogP contribution in [-0.2, 0) is 6.54 Å². The highest BCUT2D eigenvalue weighted by atomic mass is 79.9. The van der Waals surface area contributed by atoms with Crippen LogP contribution in [0.2, 0.25) is 0 Å². The summed E-state index contributed by atoms with van der Waals surface area (Å²) in [4.78, 5) is 12.6. The molecule has 3 nitrogen and oxygen atoms in total. The van der Waals surface area contributed by atoms with Crippen molar-refractivity contribution < 1.29 is 14.3 Å². The normalized spacial score (nSPS) is 10.3. The van der Waals surface area contributed by atoms with E-state index in [1.165, 1.54) is 12.1 Å². The number of halogens is 2. The van der Waals surface area contributed by atoms with Gasteiger partial charge in [-0.25, -0.2) is 9.18 Å². The number of aromatic carboxylic acids is 1. The lowest BCUT2D eigenvalue weighted by atomic mass is 10.1. The van der Waals surface area contributed by atoms with Gasteiger partial charge in [-0.15, -0.1) is 0 Å². The smallest absolute Gasteiger partial charge is 0.338 e. The fourth-order valence-electron chi connectivity index (χ4n) is 1.92. The summed E-state index contributed by atoms with van der Waals surface area (Å²) in [6.45, 7) is 0.602. The van der Waals surface area contributed by atoms with Gasteiger partial charge >= 0.3 is 5.97 Å². The molecule has 5 heteroatoms. The summed E-state index contributed by atoms with van der Waals surface area (Å²) in [7, 11) is 1.83. The second kappa shape index (κ2) is 6.05. The molecule has 0 bridgehead atoms. The van der Waals surface area contributed by atoms with E-state index in [-0.39, 0.29) is 5.56 Å². The molecule has 20 heavy (non-hydrogen) atoms. The van der Waals surface area contributed by atoms with Crippen LogP contribution >= 0.6 is 15.9 Å². The third-order valence-electron chi connectivity index (χ3n) is 2.93. The molecule has 0 saturated heterocycles. The highest BCUT2D eigenvalue weighted by Gasteiger charge is 2.12. The van der Waals surface area contributed by atoms with Gasteiger partial charge in [0.1, 0.15) is 5.82 Å². The van der Waals surface area contributed by atoms with Gasteiger partial charge < -0.3 is 10.0 Å². The van der Waals surface area contributed by atoms with Crippen LogP contribution in [0.4, 0.5) is 10.1 Å². The molecule has 0 aliphatic rings. The summed E-state index contributed by atoms with van der Waals surface area (Å²) in [5.41, 5.74) is 1.39. The van der Waals surface area contributed by atoms with E-state index in [1.54, 1.807) is 6.07 Å². The summed E-state index contributed by atoms with van der Waals surface area (Å²) in [6, 6.07) is 11.9. The van der Waals surface area contributed by atoms with Gasteiger partial charge in [-0.3, -0.25) is 0 Å². The Hall–Kier alpha value is -1.88. The predicted octanol–water partition coefficient (Wildman–Crippen LogP) is 3.92. The monoisotopic (exact) mass is 337 g/mol. The summed E-state index contributed by atoms with van der Waals surface area (Å²) in [6.07, 6.45) is 0. The quantitative estimate of drug-likeness (QED) is 0.919. The highest BCUT2D eigenvalue weighted by Crippen LogP contribution is 2.20. The van der Waals surface area contributed by atoms with Crippen molar-refractivity contribution in [3.8, 4) is 0 Å². The van der Waals surface area contributed by atoms with E-state index in [0.29, 0.717) is 12.2 Å². The molecule has 0 heterocycles. The van der Waals surface area contributed by atoms with Gasteiger partial charge in [0.25, 0.3) is 0 Å². The van der Waals surface area contributed by atoms with Crippen molar-refractivity contribution in [2.24, 2.45) is 0 Å². The van der Waals surface area contributed by atoms with Crippen molar-refractivity contribution in [2.75, 3.05) is 11.9 Å². The molecule has 1 N–H and O–H groups in total. The highest BCUT2D eigenvalue weighted by molar-refractivity contribution is 9.10. The maximum Gasteiger partial charge on any atom is 0.338 e. The van der Waals surface area contributed by atoms with Crippen LogP contribution in [0.1, 0.15) is 15.9 Å². The molecule has 2 aromatic rings. The summed E-state index contributed by atoms with van der Waals surface area (Å²) < 4.78 is 14.6. The SMILES string of the molecule is CN(Cc1cccc(Br)c1)c1ccc(C(=O)O)c(F)c1. The Morgan fingerprint density at radius 1 is 1.30 bits per heavy atom. The van der Waals surface area contributed by atoms with E-state index >= 15 is 0 Å². The second-order valence-corrected chi connectivity index (χ2v) is 5.37. The standard InChI is InChI=1S/C15H13BrFNO2/c1-18(9-10-3-2-4-11(16)7-10)12-5-6-13(15(19)20)14(17)8-12/h2-8H,9H2,1H3,(H,19,20). The van der Waals surface area contributed by atoms with Crippen molar-refractivity contribution in [3.63, 3.8) is 0 Å². The van der Waals surface area contributed by atoms with Crippen LogP contribution in [0.3, 0.4) is 0 Å². The van der Waals surface area contributed by atoms with Crippen LogP contribution in [-0.4, -0.2) is 18.1 Å². The number of hydrogen-bond donors (Lipinski definition) is 1. The van der Waals surface area contributed by atoms with E-state index in [2.05, 4.69) is 15.9 Å². The third-order valence-corrected chi connectivity index (χ3v) is 3.43. The van der Waals surface area contributed by atoms with Crippen LogP contribution in [0.25, 0.3) is 0 Å². The van der Waals surface area contributed by atoms with Gasteiger partial charge in [-0.2, -0.15) is 0 Å². The molecule has 0 radical (unpaired) electrons. The minimum absolute atomic E-state index is 0.315. The van der Waals surface area contributed by atoms with Crippen molar-refractivity contribution >= 4 is 27.6 Å². The molecule has 2 rings (SSSR count). The van der Waals surface area contributed by atoms with Gasteiger partial charge in [0.2, 0.25) is 0 Å². The Bertz CT molecular complexity index is 646. The molecular weight excluding hydrogens is 325 g/mol. The first kappa shape index (κ1) is 14.5. The average molecular weight is 338 g/mol. The molecule has 0 saturated carbocycles. The van der Waals surface area contributed by atoms with Crippen molar-refractivity contribution in [2.45, 2.75) is 6.54 Å². The zero-order valence-corrected chi connectivity index (χ0v) is 12.4. The van der Waals surface area contributed by atoms with Crippen LogP contribution < -0.4 is 4.90 Å². The zero-order valence-electron chi connectivity index (χ0n) is 10.8. The maximum atomic E-state index is 13.6. The minimum Gasteiger partial charge on any atom is -0.478 e. The van der Waals surface area contributed by atoms with Gasteiger partial charge in [-0.1, -0.05) is 28.1 Å². The van der Waals surface area contributed by atoms with Gasteiger partial charge in [0.15, 0.2) is 0 Å². The lowest BCUT2D eigenvalue weighted by Gasteiger charge is -2.20. The Balaban J connectivity index is 2.19. The average Bonchev–Trinajstić information content (AvgIpc) is 2.38. The van der Waals surface area contributed by atoms with Gasteiger partial charge in [0.05, 0.1) is 5.56 Å². The molecule has 0 amide bonds. The van der Waals surface area contributed by atoms with Crippen molar-refractivity contribution in [3.05, 3.63) is 63.9 Å². The lowest BCUT2D eigenvalue weighted by molar-refractivity contribution is 0.0692. The molecule has 0 aliphatic carbocycles. The summed E-state index contributed by atoms with van der Waals surface area (Å²) in [5.74, 6) is -1.99. The molecule has 0 aliphatic heterocycles. The Morgan fingerprint density at radius 3 is 2.65 bits per heavy atom. The largest absolute Gasteiger partial charge is 0.478 e. The molecular formula is C15H13BrFNO2. The van der Waals surface area contributed by atoms with E-state index in [0.717, 1.165) is 10.0 Å². The zero-order chi connectivity index (χ0) is 14.7. The van der Waals surface area contributed by atoms with Crippen LogP contribution in [0.15, 0.2) is 46.9 Å². The fourth-order valence-corrected chi connectivity index (χ4v) is 2.36. The van der Waals surface area contributed by atoms with Gasteiger partial charge in [-0.05, 0) is 35.9 Å². The number of carbonyl (C=O) groups is 1. The maximum absolute atomic E-state index is 13.6. The number of carboxylic acids is 1. The molecule has 104 valence electrons. The Labute approximate surface area is 124 Å². The number of hydrogen-bond acceptors (Lipinski definition) is 2. The lowest BCUT2D eigenvalue weighted by Crippen LogP contribution is -2.17. The number of carboxylic acid groups (broad SMARTS) is 1. The molecule has 2 aromatic carbocycles.